The van der Waals surface area contributed by atoms with Crippen LogP contribution in [0, 0.1) is 11.3 Å². The van der Waals surface area contributed by atoms with Gasteiger partial charge in [-0.25, -0.2) is 0 Å². The van der Waals surface area contributed by atoms with Crippen LogP contribution in [0.3, 0.4) is 0 Å². The second kappa shape index (κ2) is 6.14. The van der Waals surface area contributed by atoms with Gasteiger partial charge in [-0.1, -0.05) is 0 Å². The summed E-state index contributed by atoms with van der Waals surface area (Å²) < 4.78 is 0. The third-order valence-corrected chi connectivity index (χ3v) is 1.49. The van der Waals surface area contributed by atoms with Gasteiger partial charge in [-0.2, -0.15) is 5.26 Å². The van der Waals surface area contributed by atoms with Gasteiger partial charge < -0.3 is 10.2 Å². The highest BCUT2D eigenvalue weighted by molar-refractivity contribution is 4.74. The molecule has 0 aromatic rings. The van der Waals surface area contributed by atoms with Gasteiger partial charge in [-0.3, -0.25) is 0 Å². The van der Waals surface area contributed by atoms with Gasteiger partial charge in [0.25, 0.3) is 0 Å². The summed E-state index contributed by atoms with van der Waals surface area (Å²) in [5.41, 5.74) is 0. The molecule has 2 N–H and O–H groups in total. The summed E-state index contributed by atoms with van der Waals surface area (Å²) in [7, 11) is 0. The van der Waals surface area contributed by atoms with Crippen LogP contribution in [0.4, 0.5) is 0 Å². The van der Waals surface area contributed by atoms with Crippen LogP contribution in [0.25, 0.3) is 0 Å². The zero-order chi connectivity index (χ0) is 8.69. The molecule has 0 aromatic heterocycles. The van der Waals surface area contributed by atoms with Gasteiger partial charge in [0, 0.05) is 0 Å². The molecule has 3 nitrogen and oxygen atoms in total. The molecule has 2 unspecified atom stereocenters. The molecular formula is C8H15NO2. The lowest BCUT2D eigenvalue weighted by atomic mass is 10.1. The van der Waals surface area contributed by atoms with Crippen LogP contribution >= 0.6 is 0 Å². The highest BCUT2D eigenvalue weighted by atomic mass is 16.3. The molecule has 0 spiro atoms. The van der Waals surface area contributed by atoms with Crippen molar-refractivity contribution >= 4 is 0 Å². The summed E-state index contributed by atoms with van der Waals surface area (Å²) in [4.78, 5) is 0. The van der Waals surface area contributed by atoms with Gasteiger partial charge in [-0.05, 0) is 26.2 Å². The number of nitrogens with zero attached hydrogens (tertiary/aromatic N) is 1. The molecule has 0 bridgehead atoms. The van der Waals surface area contributed by atoms with Crippen LogP contribution < -0.4 is 0 Å². The Kier molecular flexibility index (Phi) is 5.81. The molecule has 0 aromatic carbocycles. The molecule has 0 aliphatic rings. The van der Waals surface area contributed by atoms with E-state index in [-0.39, 0.29) is 12.5 Å². The fourth-order valence-electron chi connectivity index (χ4n) is 0.856. The van der Waals surface area contributed by atoms with E-state index in [1.165, 1.54) is 0 Å². The minimum atomic E-state index is -0.515. The Balaban J connectivity index is 3.18. The number of nitriles is 1. The molecule has 0 saturated carbocycles. The van der Waals surface area contributed by atoms with Crippen molar-refractivity contribution in [3.8, 4) is 6.07 Å². The molecule has 3 heteroatoms. The molecule has 64 valence electrons. The van der Waals surface area contributed by atoms with Crippen LogP contribution in [0.1, 0.15) is 32.6 Å². The van der Waals surface area contributed by atoms with E-state index in [1.807, 2.05) is 6.07 Å². The standard InChI is InChI=1S/C8H15NO2/c1-7(10)3-2-4-8(11)5-6-9/h7-8,10-11H,2-5H2,1H3. The van der Waals surface area contributed by atoms with Crippen molar-refractivity contribution in [3.05, 3.63) is 0 Å². The lowest BCUT2D eigenvalue weighted by molar-refractivity contribution is 0.145. The monoisotopic (exact) mass is 157 g/mol. The quantitative estimate of drug-likeness (QED) is 0.620. The highest BCUT2D eigenvalue weighted by Gasteiger charge is 2.03. The molecule has 0 heterocycles. The Morgan fingerprint density at radius 1 is 1.36 bits per heavy atom. The Morgan fingerprint density at radius 3 is 2.45 bits per heavy atom. The van der Waals surface area contributed by atoms with Crippen molar-refractivity contribution in [3.63, 3.8) is 0 Å². The third-order valence-electron chi connectivity index (χ3n) is 1.49. The molecule has 0 amide bonds. The summed E-state index contributed by atoms with van der Waals surface area (Å²) >= 11 is 0. The first kappa shape index (κ1) is 10.4. The number of aliphatic hydroxyl groups excluding tert-OH is 2. The zero-order valence-corrected chi connectivity index (χ0v) is 6.82. The summed E-state index contributed by atoms with van der Waals surface area (Å²) in [5, 5.41) is 26.1. The minimum Gasteiger partial charge on any atom is -0.393 e. The molecule has 0 aliphatic carbocycles. The van der Waals surface area contributed by atoms with E-state index in [0.717, 1.165) is 6.42 Å². The smallest absolute Gasteiger partial charge is 0.0670 e. The first-order valence-corrected chi connectivity index (χ1v) is 3.90. The van der Waals surface area contributed by atoms with E-state index in [1.54, 1.807) is 6.92 Å². The van der Waals surface area contributed by atoms with Gasteiger partial charge in [0.15, 0.2) is 0 Å². The van der Waals surface area contributed by atoms with Gasteiger partial charge in [0.05, 0.1) is 24.7 Å². The maximum atomic E-state index is 9.06. The highest BCUT2D eigenvalue weighted by Crippen LogP contribution is 2.05. The summed E-state index contributed by atoms with van der Waals surface area (Å²) in [6, 6.07) is 1.89. The zero-order valence-electron chi connectivity index (χ0n) is 6.82. The molecule has 0 fully saturated rings. The molecule has 0 aliphatic heterocycles. The van der Waals surface area contributed by atoms with Crippen LogP contribution in [-0.4, -0.2) is 22.4 Å². The number of rotatable bonds is 5. The first-order valence-electron chi connectivity index (χ1n) is 3.90. The van der Waals surface area contributed by atoms with Crippen molar-refractivity contribution in [2.24, 2.45) is 0 Å². The second-order valence-corrected chi connectivity index (χ2v) is 2.80. The first-order chi connectivity index (χ1) is 5.16. The van der Waals surface area contributed by atoms with Gasteiger partial charge in [0.1, 0.15) is 0 Å². The molecular weight excluding hydrogens is 142 g/mol. The lowest BCUT2D eigenvalue weighted by Crippen LogP contribution is -2.07. The van der Waals surface area contributed by atoms with E-state index < -0.39 is 6.10 Å². The van der Waals surface area contributed by atoms with E-state index in [9.17, 15) is 0 Å². The Morgan fingerprint density at radius 2 is 2.00 bits per heavy atom. The molecule has 11 heavy (non-hydrogen) atoms. The van der Waals surface area contributed by atoms with Crippen molar-refractivity contribution in [2.45, 2.75) is 44.8 Å². The molecule has 0 saturated heterocycles. The van der Waals surface area contributed by atoms with E-state index >= 15 is 0 Å². The summed E-state index contributed by atoms with van der Waals surface area (Å²) in [6.07, 6.45) is 1.46. The SMILES string of the molecule is CC(O)CCCC(O)CC#N. The maximum Gasteiger partial charge on any atom is 0.0670 e. The van der Waals surface area contributed by atoms with Crippen molar-refractivity contribution in [2.75, 3.05) is 0 Å². The summed E-state index contributed by atoms with van der Waals surface area (Å²) in [6.45, 7) is 1.72. The van der Waals surface area contributed by atoms with Gasteiger partial charge in [-0.15, -0.1) is 0 Å². The van der Waals surface area contributed by atoms with Crippen LogP contribution in [0.15, 0.2) is 0 Å². The minimum absolute atomic E-state index is 0.194. The fourth-order valence-corrected chi connectivity index (χ4v) is 0.856. The van der Waals surface area contributed by atoms with E-state index in [4.69, 9.17) is 15.5 Å². The van der Waals surface area contributed by atoms with Crippen molar-refractivity contribution < 1.29 is 10.2 Å². The third kappa shape index (κ3) is 7.31. The average molecular weight is 157 g/mol. The van der Waals surface area contributed by atoms with E-state index in [2.05, 4.69) is 0 Å². The van der Waals surface area contributed by atoms with Crippen molar-refractivity contribution in [1.82, 2.24) is 0 Å². The van der Waals surface area contributed by atoms with Crippen LogP contribution in [0.5, 0.6) is 0 Å². The van der Waals surface area contributed by atoms with Crippen LogP contribution in [0.2, 0.25) is 0 Å². The normalized spacial score (nSPS) is 15.5. The number of aliphatic hydroxyl groups is 2. The molecule has 2 atom stereocenters. The Hall–Kier alpha value is -0.590. The largest absolute Gasteiger partial charge is 0.393 e. The lowest BCUT2D eigenvalue weighted by Gasteiger charge is -2.06. The van der Waals surface area contributed by atoms with E-state index in [0.29, 0.717) is 12.8 Å². The van der Waals surface area contributed by atoms with Gasteiger partial charge >= 0.3 is 0 Å². The maximum absolute atomic E-state index is 9.06. The topological polar surface area (TPSA) is 64.2 Å². The Bertz CT molecular complexity index is 129. The fraction of sp³-hybridized carbons (Fsp3) is 0.875. The van der Waals surface area contributed by atoms with Gasteiger partial charge in [0.2, 0.25) is 0 Å². The van der Waals surface area contributed by atoms with Crippen LogP contribution in [-0.2, 0) is 0 Å². The second-order valence-electron chi connectivity index (χ2n) is 2.80. The Labute approximate surface area is 67.3 Å². The molecule has 0 rings (SSSR count). The average Bonchev–Trinajstić information content (AvgIpc) is 1.87. The summed E-state index contributed by atoms with van der Waals surface area (Å²) in [5.74, 6) is 0. The predicted molar refractivity (Wildman–Crippen MR) is 41.8 cm³/mol. The number of hydrogen-bond acceptors (Lipinski definition) is 3. The predicted octanol–water partition coefficient (Wildman–Crippen LogP) is 0.812. The molecule has 0 radical (unpaired) electrons. The van der Waals surface area contributed by atoms with Crippen molar-refractivity contribution in [1.29, 1.82) is 5.26 Å². The number of hydrogen-bond donors (Lipinski definition) is 2.